The Morgan fingerprint density at radius 3 is 2.55 bits per heavy atom. The van der Waals surface area contributed by atoms with E-state index in [1.165, 1.54) is 31.4 Å². The maximum Gasteiger partial charge on any atom is 0.318 e. The number of pyridine rings is 1. The average Bonchev–Trinajstić information content (AvgIpc) is 3.26. The number of nitrogens with one attached hydrogen (secondary N) is 1. The predicted molar refractivity (Wildman–Crippen MR) is 141 cm³/mol. The molecular weight excluding hydrogens is 488 g/mol. The van der Waals surface area contributed by atoms with Gasteiger partial charge in [0.1, 0.15) is 34.3 Å². The summed E-state index contributed by atoms with van der Waals surface area (Å²) >= 11 is 0. The van der Waals surface area contributed by atoms with Crippen LogP contribution in [-0.2, 0) is 0 Å². The highest BCUT2D eigenvalue weighted by atomic mass is 19.1. The minimum absolute atomic E-state index is 0.000891. The summed E-state index contributed by atoms with van der Waals surface area (Å²) in [5.41, 5.74) is 0.142. The number of hydrogen-bond donors (Lipinski definition) is 2. The van der Waals surface area contributed by atoms with Crippen molar-refractivity contribution in [1.29, 1.82) is 0 Å². The van der Waals surface area contributed by atoms with E-state index in [9.17, 15) is 9.50 Å². The zero-order valence-electron chi connectivity index (χ0n) is 20.8. The first-order chi connectivity index (χ1) is 18.4. The number of methoxy groups -OCH3 is 1. The van der Waals surface area contributed by atoms with Crippen LogP contribution < -0.4 is 15.0 Å². The van der Waals surface area contributed by atoms with E-state index >= 15 is 4.39 Å². The van der Waals surface area contributed by atoms with Gasteiger partial charge in [-0.3, -0.25) is 0 Å². The second-order valence-corrected chi connectivity index (χ2v) is 9.46. The van der Waals surface area contributed by atoms with Gasteiger partial charge in [-0.25, -0.2) is 13.8 Å². The number of fused-ring (bicyclic) bond motifs is 4. The second kappa shape index (κ2) is 9.13. The first-order valence-corrected chi connectivity index (χ1v) is 12.2. The number of phenols is 1. The van der Waals surface area contributed by atoms with E-state index < -0.39 is 11.6 Å². The van der Waals surface area contributed by atoms with E-state index in [2.05, 4.69) is 42.9 Å². The third kappa shape index (κ3) is 3.75. The van der Waals surface area contributed by atoms with Gasteiger partial charge in [0, 0.05) is 36.1 Å². The molecule has 9 heteroatoms. The zero-order chi connectivity index (χ0) is 26.6. The molecule has 0 spiro atoms. The Bertz CT molecular complexity index is 1730. The molecule has 2 aromatic heterocycles. The van der Waals surface area contributed by atoms with Crippen LogP contribution in [0.15, 0.2) is 24.3 Å². The molecule has 2 bridgehead atoms. The van der Waals surface area contributed by atoms with Crippen LogP contribution in [0.1, 0.15) is 31.0 Å². The number of halogens is 2. The Morgan fingerprint density at radius 2 is 1.87 bits per heavy atom. The quantitative estimate of drug-likeness (QED) is 0.400. The molecule has 4 heterocycles. The van der Waals surface area contributed by atoms with Crippen molar-refractivity contribution in [2.24, 2.45) is 0 Å². The van der Waals surface area contributed by atoms with Gasteiger partial charge in [-0.15, -0.1) is 6.42 Å². The van der Waals surface area contributed by atoms with Gasteiger partial charge in [0.05, 0.1) is 18.1 Å². The lowest BCUT2D eigenvalue weighted by Gasteiger charge is -2.34. The molecule has 0 amide bonds. The molecule has 4 aromatic rings. The Kier molecular flexibility index (Phi) is 5.74. The SMILES string of the molecule is C#Cc1c(F)ccc2cc(O)cc(-c3nc(C#CC)c4c(N5CC6CCC(C5)N6)nc(OC)nc4c3F)c12. The Labute approximate surface area is 217 Å². The monoisotopic (exact) mass is 511 g/mol. The van der Waals surface area contributed by atoms with Crippen LogP contribution in [0.3, 0.4) is 0 Å². The first kappa shape index (κ1) is 23.9. The van der Waals surface area contributed by atoms with Crippen LogP contribution in [-0.4, -0.2) is 52.3 Å². The van der Waals surface area contributed by atoms with Gasteiger partial charge < -0.3 is 20.1 Å². The minimum Gasteiger partial charge on any atom is -0.508 e. The summed E-state index contributed by atoms with van der Waals surface area (Å²) in [6.07, 6.45) is 7.75. The van der Waals surface area contributed by atoms with Crippen LogP contribution in [0.25, 0.3) is 32.9 Å². The largest absolute Gasteiger partial charge is 0.508 e. The molecule has 2 unspecified atom stereocenters. The number of benzene rings is 2. The van der Waals surface area contributed by atoms with Gasteiger partial charge in [-0.05, 0) is 49.3 Å². The average molecular weight is 512 g/mol. The van der Waals surface area contributed by atoms with E-state index in [1.54, 1.807) is 6.92 Å². The fourth-order valence-corrected chi connectivity index (χ4v) is 5.56. The van der Waals surface area contributed by atoms with Gasteiger partial charge in [-0.1, -0.05) is 17.9 Å². The van der Waals surface area contributed by atoms with Crippen LogP contribution in [0, 0.1) is 35.8 Å². The number of ether oxygens (including phenoxy) is 1. The van der Waals surface area contributed by atoms with Gasteiger partial charge in [-0.2, -0.15) is 9.97 Å². The lowest BCUT2D eigenvalue weighted by Crippen LogP contribution is -2.51. The molecule has 2 aromatic carbocycles. The molecule has 2 saturated heterocycles. The van der Waals surface area contributed by atoms with Gasteiger partial charge in [0.2, 0.25) is 0 Å². The molecule has 2 aliphatic rings. The molecule has 6 rings (SSSR count). The molecule has 2 atom stereocenters. The van der Waals surface area contributed by atoms with Crippen LogP contribution in [0.5, 0.6) is 11.8 Å². The number of piperazine rings is 1. The molecule has 38 heavy (non-hydrogen) atoms. The molecule has 2 fully saturated rings. The number of nitrogens with zero attached hydrogens (tertiary/aromatic N) is 4. The number of aromatic hydroxyl groups is 1. The van der Waals surface area contributed by atoms with Crippen LogP contribution in [0.2, 0.25) is 0 Å². The third-order valence-corrected chi connectivity index (χ3v) is 7.14. The third-order valence-electron chi connectivity index (χ3n) is 7.14. The molecule has 0 radical (unpaired) electrons. The summed E-state index contributed by atoms with van der Waals surface area (Å²) in [5, 5.41) is 15.1. The summed E-state index contributed by atoms with van der Waals surface area (Å²) in [6, 6.07) is 6.05. The number of hydrogen-bond acceptors (Lipinski definition) is 7. The Hall–Kier alpha value is -4.47. The number of terminal acetylenes is 1. The molecule has 7 nitrogen and oxygen atoms in total. The standard InChI is InChI=1S/C29H23F2N5O2/c1-4-6-22-24-27(34-29(38-3)35-28(24)36-13-16-8-9-17(14-36)32-16)25(31)26(33-22)20-12-18(37)11-15-7-10-21(30)19(5-2)23(15)20/h2,7,10-12,16-17,32,37H,8-9,13-14H2,1,3H3. The van der Waals surface area contributed by atoms with Crippen molar-refractivity contribution in [2.75, 3.05) is 25.1 Å². The molecule has 0 aliphatic carbocycles. The Balaban J connectivity index is 1.69. The van der Waals surface area contributed by atoms with Gasteiger partial charge in [0.15, 0.2) is 5.82 Å². The van der Waals surface area contributed by atoms with Crippen molar-refractivity contribution in [3.63, 3.8) is 0 Å². The van der Waals surface area contributed by atoms with E-state index in [1.807, 2.05) is 0 Å². The summed E-state index contributed by atoms with van der Waals surface area (Å²) < 4.78 is 36.6. The molecule has 2 N–H and O–H groups in total. The number of anilines is 1. The van der Waals surface area contributed by atoms with Crippen LogP contribution >= 0.6 is 0 Å². The van der Waals surface area contributed by atoms with Crippen molar-refractivity contribution in [3.8, 4) is 47.2 Å². The molecule has 2 aliphatic heterocycles. The van der Waals surface area contributed by atoms with E-state index in [0.717, 1.165) is 12.8 Å². The van der Waals surface area contributed by atoms with Crippen molar-refractivity contribution >= 4 is 27.5 Å². The van der Waals surface area contributed by atoms with Crippen molar-refractivity contribution < 1.29 is 18.6 Å². The van der Waals surface area contributed by atoms with E-state index in [-0.39, 0.29) is 45.2 Å². The minimum atomic E-state index is -0.777. The fourth-order valence-electron chi connectivity index (χ4n) is 5.56. The second-order valence-electron chi connectivity index (χ2n) is 9.46. The summed E-state index contributed by atoms with van der Waals surface area (Å²) in [6.45, 7) is 3.04. The van der Waals surface area contributed by atoms with Gasteiger partial charge >= 0.3 is 6.01 Å². The highest BCUT2D eigenvalue weighted by molar-refractivity contribution is 6.04. The van der Waals surface area contributed by atoms with Crippen molar-refractivity contribution in [3.05, 3.63) is 47.2 Å². The van der Waals surface area contributed by atoms with Crippen molar-refractivity contribution in [2.45, 2.75) is 31.8 Å². The Morgan fingerprint density at radius 1 is 1.11 bits per heavy atom. The highest BCUT2D eigenvalue weighted by Gasteiger charge is 2.35. The number of rotatable bonds is 3. The normalized spacial score (nSPS) is 18.3. The lowest BCUT2D eigenvalue weighted by atomic mass is 9.95. The van der Waals surface area contributed by atoms with E-state index in [0.29, 0.717) is 41.8 Å². The predicted octanol–water partition coefficient (Wildman–Crippen LogP) is 4.13. The first-order valence-electron chi connectivity index (χ1n) is 12.2. The number of aromatic nitrogens is 3. The summed E-state index contributed by atoms with van der Waals surface area (Å²) in [7, 11) is 1.42. The highest BCUT2D eigenvalue weighted by Crippen LogP contribution is 2.40. The summed E-state index contributed by atoms with van der Waals surface area (Å²) in [5.74, 6) is 7.12. The molecule has 0 saturated carbocycles. The molecular formula is C29H23F2N5O2. The smallest absolute Gasteiger partial charge is 0.318 e. The van der Waals surface area contributed by atoms with Crippen LogP contribution in [0.4, 0.5) is 14.6 Å². The molecule has 190 valence electrons. The van der Waals surface area contributed by atoms with Crippen molar-refractivity contribution in [1.82, 2.24) is 20.3 Å². The topological polar surface area (TPSA) is 83.4 Å². The number of phenolic OH excluding ortho intramolecular Hbond substituents is 1. The maximum absolute atomic E-state index is 16.5. The lowest BCUT2D eigenvalue weighted by molar-refractivity contribution is 0.380. The summed E-state index contributed by atoms with van der Waals surface area (Å²) in [4.78, 5) is 15.7. The van der Waals surface area contributed by atoms with E-state index in [4.69, 9.17) is 11.2 Å². The zero-order valence-corrected chi connectivity index (χ0v) is 20.8. The van der Waals surface area contributed by atoms with Gasteiger partial charge in [0.25, 0.3) is 0 Å². The fraction of sp³-hybridized carbons (Fsp3) is 0.276. The maximum atomic E-state index is 16.5.